The lowest BCUT2D eigenvalue weighted by molar-refractivity contribution is -0.115. The van der Waals surface area contributed by atoms with E-state index in [2.05, 4.69) is 21.5 Å². The Bertz CT molecular complexity index is 1150. The molecule has 0 aliphatic heterocycles. The number of benzene rings is 2. The Morgan fingerprint density at radius 1 is 1.24 bits per heavy atom. The number of aromatic nitrogens is 2. The number of amides is 1. The third-order valence-corrected chi connectivity index (χ3v) is 6.42. The van der Waals surface area contributed by atoms with Crippen LogP contribution >= 0.6 is 23.1 Å². The molecular formula is C21H19N3O3S2. The highest BCUT2D eigenvalue weighted by Crippen LogP contribution is 2.34. The molecule has 29 heavy (non-hydrogen) atoms. The van der Waals surface area contributed by atoms with Gasteiger partial charge in [0.2, 0.25) is 5.91 Å². The number of nitrogens with zero attached hydrogens (tertiary/aromatic N) is 2. The first-order chi connectivity index (χ1) is 14.1. The van der Waals surface area contributed by atoms with Gasteiger partial charge in [-0.3, -0.25) is 4.79 Å². The fourth-order valence-electron chi connectivity index (χ4n) is 2.87. The van der Waals surface area contributed by atoms with Crippen LogP contribution in [0.4, 0.5) is 5.69 Å². The molecule has 0 spiro atoms. The zero-order valence-corrected chi connectivity index (χ0v) is 17.6. The van der Waals surface area contributed by atoms with Crippen LogP contribution in [0.1, 0.15) is 17.0 Å². The van der Waals surface area contributed by atoms with Gasteiger partial charge in [-0.15, -0.1) is 11.3 Å². The lowest BCUT2D eigenvalue weighted by atomic mass is 10.2. The first-order valence-electron chi connectivity index (χ1n) is 8.98. The van der Waals surface area contributed by atoms with Gasteiger partial charge < -0.3 is 14.6 Å². The SMILES string of the molecule is COc1ccccc1CSc1nc2ccc(NC(=O)Cc3cc(C)no3)cc2s1. The summed E-state index contributed by atoms with van der Waals surface area (Å²) in [4.78, 5) is 16.9. The van der Waals surface area contributed by atoms with Gasteiger partial charge in [-0.1, -0.05) is 35.1 Å². The minimum absolute atomic E-state index is 0.143. The van der Waals surface area contributed by atoms with E-state index in [-0.39, 0.29) is 12.3 Å². The first-order valence-corrected chi connectivity index (χ1v) is 10.8. The minimum Gasteiger partial charge on any atom is -0.496 e. The van der Waals surface area contributed by atoms with Crippen LogP contribution in [0, 0.1) is 6.92 Å². The largest absolute Gasteiger partial charge is 0.496 e. The average Bonchev–Trinajstić information content (AvgIpc) is 3.31. The molecule has 4 rings (SSSR count). The predicted molar refractivity (Wildman–Crippen MR) is 116 cm³/mol. The molecule has 1 amide bonds. The number of thiazole rings is 1. The van der Waals surface area contributed by atoms with Crippen molar-refractivity contribution >= 4 is 44.9 Å². The highest BCUT2D eigenvalue weighted by atomic mass is 32.2. The van der Waals surface area contributed by atoms with Gasteiger partial charge in [-0.25, -0.2) is 4.98 Å². The van der Waals surface area contributed by atoms with Gasteiger partial charge in [0.1, 0.15) is 11.5 Å². The number of rotatable bonds is 7. The van der Waals surface area contributed by atoms with E-state index < -0.39 is 0 Å². The van der Waals surface area contributed by atoms with Crippen LogP contribution in [0.25, 0.3) is 10.2 Å². The maximum Gasteiger partial charge on any atom is 0.232 e. The molecule has 0 saturated heterocycles. The monoisotopic (exact) mass is 425 g/mol. The Balaban J connectivity index is 1.42. The molecule has 2 aromatic heterocycles. The molecule has 0 atom stereocenters. The lowest BCUT2D eigenvalue weighted by Gasteiger charge is -2.06. The molecule has 0 bridgehead atoms. The number of aryl methyl sites for hydroxylation is 1. The number of hydrogen-bond donors (Lipinski definition) is 1. The van der Waals surface area contributed by atoms with Gasteiger partial charge in [0.25, 0.3) is 0 Å². The van der Waals surface area contributed by atoms with Gasteiger partial charge in [-0.2, -0.15) is 0 Å². The van der Waals surface area contributed by atoms with E-state index in [1.165, 1.54) is 0 Å². The number of ether oxygens (including phenoxy) is 1. The van der Waals surface area contributed by atoms with Gasteiger partial charge in [-0.05, 0) is 31.2 Å². The van der Waals surface area contributed by atoms with E-state index in [0.717, 1.165) is 43.0 Å². The molecule has 0 unspecified atom stereocenters. The van der Waals surface area contributed by atoms with Crippen molar-refractivity contribution in [1.82, 2.24) is 10.1 Å². The smallest absolute Gasteiger partial charge is 0.232 e. The number of carbonyl (C=O) groups is 1. The van der Waals surface area contributed by atoms with Gasteiger partial charge in [0, 0.05) is 23.1 Å². The van der Waals surface area contributed by atoms with Crippen molar-refractivity contribution in [3.63, 3.8) is 0 Å². The average molecular weight is 426 g/mol. The summed E-state index contributed by atoms with van der Waals surface area (Å²) >= 11 is 3.28. The van der Waals surface area contributed by atoms with E-state index in [1.54, 1.807) is 36.3 Å². The molecule has 0 saturated carbocycles. The minimum atomic E-state index is -0.143. The lowest BCUT2D eigenvalue weighted by Crippen LogP contribution is -2.13. The van der Waals surface area contributed by atoms with Gasteiger partial charge in [0.05, 0.1) is 29.4 Å². The normalized spacial score (nSPS) is 11.0. The van der Waals surface area contributed by atoms with E-state index in [9.17, 15) is 4.79 Å². The zero-order valence-electron chi connectivity index (χ0n) is 16.0. The number of para-hydroxylation sites is 1. The van der Waals surface area contributed by atoms with Crippen molar-refractivity contribution < 1.29 is 14.1 Å². The Morgan fingerprint density at radius 3 is 2.90 bits per heavy atom. The topological polar surface area (TPSA) is 77.2 Å². The van der Waals surface area contributed by atoms with Crippen molar-refractivity contribution in [2.45, 2.75) is 23.4 Å². The molecule has 4 aromatic rings. The van der Waals surface area contributed by atoms with Crippen molar-refractivity contribution in [3.8, 4) is 5.75 Å². The number of thioether (sulfide) groups is 1. The van der Waals surface area contributed by atoms with Crippen LogP contribution in [0.15, 0.2) is 57.4 Å². The summed E-state index contributed by atoms with van der Waals surface area (Å²) < 4.78 is 12.5. The van der Waals surface area contributed by atoms with E-state index >= 15 is 0 Å². The Labute approximate surface area is 176 Å². The predicted octanol–water partition coefficient (Wildman–Crippen LogP) is 5.07. The highest BCUT2D eigenvalue weighted by Gasteiger charge is 2.11. The molecule has 0 fully saturated rings. The molecule has 1 N–H and O–H groups in total. The summed E-state index contributed by atoms with van der Waals surface area (Å²) in [6.45, 7) is 1.83. The third kappa shape index (κ3) is 4.78. The Kier molecular flexibility index (Phi) is 5.82. The maximum absolute atomic E-state index is 12.2. The molecular weight excluding hydrogens is 406 g/mol. The number of fused-ring (bicyclic) bond motifs is 1. The van der Waals surface area contributed by atoms with Crippen LogP contribution < -0.4 is 10.1 Å². The molecule has 148 valence electrons. The number of nitrogens with one attached hydrogen (secondary N) is 1. The second kappa shape index (κ2) is 8.67. The van der Waals surface area contributed by atoms with Crippen LogP contribution in [0.2, 0.25) is 0 Å². The summed E-state index contributed by atoms with van der Waals surface area (Å²) in [7, 11) is 1.68. The molecule has 0 radical (unpaired) electrons. The number of carbonyl (C=O) groups excluding carboxylic acids is 1. The molecule has 2 aromatic carbocycles. The van der Waals surface area contributed by atoms with Crippen LogP contribution in [0.3, 0.4) is 0 Å². The van der Waals surface area contributed by atoms with E-state index in [4.69, 9.17) is 9.26 Å². The van der Waals surface area contributed by atoms with Gasteiger partial charge in [0.15, 0.2) is 4.34 Å². The molecule has 0 aliphatic carbocycles. The van der Waals surface area contributed by atoms with Crippen LogP contribution in [-0.2, 0) is 17.0 Å². The van der Waals surface area contributed by atoms with Gasteiger partial charge >= 0.3 is 0 Å². The van der Waals surface area contributed by atoms with Crippen LogP contribution in [-0.4, -0.2) is 23.2 Å². The standard InChI is InChI=1S/C21H19N3O3S2/c1-13-9-16(27-24-13)11-20(25)22-15-7-8-17-19(10-15)29-21(23-17)28-12-14-5-3-4-6-18(14)26-2/h3-10H,11-12H2,1-2H3,(H,22,25). The number of hydrogen-bond acceptors (Lipinski definition) is 7. The summed E-state index contributed by atoms with van der Waals surface area (Å²) in [5, 5.41) is 6.70. The summed E-state index contributed by atoms with van der Waals surface area (Å²) in [5.41, 5.74) is 3.55. The Hall–Kier alpha value is -2.84. The third-order valence-electron chi connectivity index (χ3n) is 4.21. The first kappa shape index (κ1) is 19.5. The maximum atomic E-state index is 12.2. The second-order valence-corrected chi connectivity index (χ2v) is 8.68. The molecule has 2 heterocycles. The van der Waals surface area contributed by atoms with Crippen molar-refractivity contribution in [2.24, 2.45) is 0 Å². The zero-order chi connectivity index (χ0) is 20.2. The number of methoxy groups -OCH3 is 1. The fraction of sp³-hybridized carbons (Fsp3) is 0.190. The van der Waals surface area contributed by atoms with Crippen molar-refractivity contribution in [2.75, 3.05) is 12.4 Å². The summed E-state index contributed by atoms with van der Waals surface area (Å²) in [5.74, 6) is 2.07. The van der Waals surface area contributed by atoms with Crippen molar-refractivity contribution in [1.29, 1.82) is 0 Å². The Morgan fingerprint density at radius 2 is 2.10 bits per heavy atom. The second-order valence-electron chi connectivity index (χ2n) is 6.42. The quantitative estimate of drug-likeness (QED) is 0.416. The summed E-state index contributed by atoms with van der Waals surface area (Å²) in [6, 6.07) is 15.5. The van der Waals surface area contributed by atoms with E-state index in [0.29, 0.717) is 5.76 Å². The fourth-order valence-corrected chi connectivity index (χ4v) is 4.97. The van der Waals surface area contributed by atoms with E-state index in [1.807, 2.05) is 43.3 Å². The molecule has 0 aliphatic rings. The highest BCUT2D eigenvalue weighted by molar-refractivity contribution is 8.00. The van der Waals surface area contributed by atoms with Crippen molar-refractivity contribution in [3.05, 3.63) is 65.5 Å². The molecule has 6 nitrogen and oxygen atoms in total. The summed E-state index contributed by atoms with van der Waals surface area (Å²) in [6.07, 6.45) is 0.154. The molecule has 8 heteroatoms. The number of anilines is 1. The van der Waals surface area contributed by atoms with Crippen LogP contribution in [0.5, 0.6) is 5.75 Å².